The molecule has 7 nitrogen and oxygen atoms in total. The molecule has 1 fully saturated rings. The number of carbonyl (C=O) groups excluding carboxylic acids is 2. The molecule has 7 heteroatoms. The fraction of sp³-hybridized carbons (Fsp3) is 0.353. The molecule has 24 heavy (non-hydrogen) atoms. The van der Waals surface area contributed by atoms with Crippen LogP contribution in [0.5, 0.6) is 0 Å². The molecule has 1 aliphatic carbocycles. The van der Waals surface area contributed by atoms with E-state index in [9.17, 15) is 9.59 Å². The van der Waals surface area contributed by atoms with E-state index in [1.165, 1.54) is 0 Å². The van der Waals surface area contributed by atoms with Crippen LogP contribution in [0.1, 0.15) is 25.3 Å². The summed E-state index contributed by atoms with van der Waals surface area (Å²) in [6.07, 6.45) is 5.46. The van der Waals surface area contributed by atoms with Gasteiger partial charge in [0.05, 0.1) is 18.4 Å². The molecule has 1 aliphatic rings. The summed E-state index contributed by atoms with van der Waals surface area (Å²) < 4.78 is 1.79. The molecule has 3 amide bonds. The van der Waals surface area contributed by atoms with E-state index in [4.69, 9.17) is 0 Å². The van der Waals surface area contributed by atoms with Crippen LogP contribution in [0, 0.1) is 0 Å². The van der Waals surface area contributed by atoms with Gasteiger partial charge in [-0.05, 0) is 25.3 Å². The third-order valence-electron chi connectivity index (χ3n) is 3.75. The minimum Gasteiger partial charge on any atom is -0.371 e. The Balaban J connectivity index is 1.49. The Morgan fingerprint density at radius 3 is 2.75 bits per heavy atom. The number of benzene rings is 1. The van der Waals surface area contributed by atoms with E-state index in [0.717, 1.165) is 24.1 Å². The van der Waals surface area contributed by atoms with Crippen LogP contribution in [0.4, 0.5) is 10.5 Å². The quantitative estimate of drug-likeness (QED) is 0.754. The Hall–Kier alpha value is -2.83. The van der Waals surface area contributed by atoms with Crippen molar-refractivity contribution in [1.29, 1.82) is 0 Å². The van der Waals surface area contributed by atoms with Gasteiger partial charge in [-0.2, -0.15) is 5.10 Å². The Kier molecular flexibility index (Phi) is 4.79. The molecular formula is C17H21N5O2. The maximum absolute atomic E-state index is 12.0. The van der Waals surface area contributed by atoms with Gasteiger partial charge in [0, 0.05) is 12.2 Å². The highest BCUT2D eigenvalue weighted by atomic mass is 16.2. The Bertz CT molecular complexity index is 709. The lowest BCUT2D eigenvalue weighted by Gasteiger charge is -2.13. The van der Waals surface area contributed by atoms with Gasteiger partial charge in [0.1, 0.15) is 6.04 Å². The average Bonchev–Trinajstić information content (AvgIpc) is 3.26. The van der Waals surface area contributed by atoms with E-state index in [-0.39, 0.29) is 11.9 Å². The minimum atomic E-state index is -0.538. The fourth-order valence-electron chi connectivity index (χ4n) is 2.28. The van der Waals surface area contributed by atoms with Crippen LogP contribution in [0.2, 0.25) is 0 Å². The van der Waals surface area contributed by atoms with Crippen molar-refractivity contribution in [2.24, 2.45) is 0 Å². The highest BCUT2D eigenvalue weighted by Gasteiger charge is 2.25. The van der Waals surface area contributed by atoms with Gasteiger partial charge in [0.25, 0.3) is 0 Å². The summed E-state index contributed by atoms with van der Waals surface area (Å²) in [5.41, 5.74) is 1.88. The van der Waals surface area contributed by atoms with Gasteiger partial charge in [-0.1, -0.05) is 30.3 Å². The molecule has 1 atom stereocenters. The predicted molar refractivity (Wildman–Crippen MR) is 90.6 cm³/mol. The normalized spacial score (nSPS) is 14.7. The van der Waals surface area contributed by atoms with Gasteiger partial charge in [0.2, 0.25) is 5.91 Å². The number of hydrogen-bond donors (Lipinski definition) is 3. The topological polar surface area (TPSA) is 88.1 Å². The maximum Gasteiger partial charge on any atom is 0.321 e. The minimum absolute atomic E-state index is 0.220. The van der Waals surface area contributed by atoms with Crippen LogP contribution in [0.15, 0.2) is 42.7 Å². The van der Waals surface area contributed by atoms with Crippen molar-refractivity contribution >= 4 is 17.6 Å². The highest BCUT2D eigenvalue weighted by molar-refractivity contribution is 5.98. The predicted octanol–water partition coefficient (Wildman–Crippen LogP) is 1.72. The number of amides is 3. The van der Waals surface area contributed by atoms with Crippen LogP contribution in [-0.4, -0.2) is 33.8 Å². The van der Waals surface area contributed by atoms with Crippen LogP contribution >= 0.6 is 0 Å². The van der Waals surface area contributed by atoms with Crippen molar-refractivity contribution in [3.63, 3.8) is 0 Å². The first-order chi connectivity index (χ1) is 11.6. The maximum atomic E-state index is 12.0. The third-order valence-corrected chi connectivity index (χ3v) is 3.75. The summed E-state index contributed by atoms with van der Waals surface area (Å²) in [5.74, 6) is -0.371. The zero-order chi connectivity index (χ0) is 16.9. The van der Waals surface area contributed by atoms with Gasteiger partial charge in [-0.3, -0.25) is 14.8 Å². The SMILES string of the molecule is CC(Nc1cnn(Cc2ccccc2)c1)C(=O)NC(=O)NC1CC1. The van der Waals surface area contributed by atoms with Crippen molar-refractivity contribution < 1.29 is 9.59 Å². The first-order valence-corrected chi connectivity index (χ1v) is 8.04. The number of hydrogen-bond acceptors (Lipinski definition) is 4. The Labute approximate surface area is 140 Å². The number of nitrogens with one attached hydrogen (secondary N) is 3. The van der Waals surface area contributed by atoms with Crippen LogP contribution in [-0.2, 0) is 11.3 Å². The molecule has 1 unspecified atom stereocenters. The summed E-state index contributed by atoms with van der Waals surface area (Å²) in [7, 11) is 0. The largest absolute Gasteiger partial charge is 0.371 e. The van der Waals surface area contributed by atoms with Gasteiger partial charge in [0.15, 0.2) is 0 Å². The van der Waals surface area contributed by atoms with Crippen molar-refractivity contribution in [2.45, 2.75) is 38.4 Å². The molecule has 1 aromatic carbocycles. The number of aromatic nitrogens is 2. The molecule has 3 N–H and O–H groups in total. The lowest BCUT2D eigenvalue weighted by Crippen LogP contribution is -2.46. The molecule has 3 rings (SSSR count). The van der Waals surface area contributed by atoms with E-state index in [0.29, 0.717) is 6.54 Å². The van der Waals surface area contributed by atoms with Crippen LogP contribution in [0.3, 0.4) is 0 Å². The standard InChI is InChI=1S/C17H21N5O2/c1-12(16(23)21-17(24)20-14-7-8-14)19-15-9-18-22(11-15)10-13-5-3-2-4-6-13/h2-6,9,11-12,14,19H,7-8,10H2,1H3,(H2,20,21,23,24). The Morgan fingerprint density at radius 1 is 1.29 bits per heavy atom. The lowest BCUT2D eigenvalue weighted by molar-refractivity contribution is -0.120. The van der Waals surface area contributed by atoms with Crippen molar-refractivity contribution in [3.8, 4) is 0 Å². The summed E-state index contributed by atoms with van der Waals surface area (Å²) in [5, 5.41) is 12.4. The second-order valence-electron chi connectivity index (χ2n) is 6.02. The lowest BCUT2D eigenvalue weighted by atomic mass is 10.2. The highest BCUT2D eigenvalue weighted by Crippen LogP contribution is 2.18. The van der Waals surface area contributed by atoms with E-state index in [1.807, 2.05) is 36.5 Å². The third kappa shape index (κ3) is 4.58. The van der Waals surface area contributed by atoms with E-state index in [1.54, 1.807) is 17.8 Å². The van der Waals surface area contributed by atoms with Gasteiger partial charge in [-0.25, -0.2) is 4.79 Å². The number of carbonyl (C=O) groups is 2. The molecule has 0 spiro atoms. The molecule has 0 bridgehead atoms. The number of urea groups is 1. The van der Waals surface area contributed by atoms with Gasteiger partial charge >= 0.3 is 6.03 Å². The Morgan fingerprint density at radius 2 is 2.04 bits per heavy atom. The zero-order valence-electron chi connectivity index (χ0n) is 13.5. The first kappa shape index (κ1) is 16.0. The van der Waals surface area contributed by atoms with Crippen molar-refractivity contribution in [1.82, 2.24) is 20.4 Å². The molecule has 1 heterocycles. The average molecular weight is 327 g/mol. The summed E-state index contributed by atoms with van der Waals surface area (Å²) >= 11 is 0. The number of imide groups is 1. The molecular weight excluding hydrogens is 306 g/mol. The van der Waals surface area contributed by atoms with Gasteiger partial charge in [-0.15, -0.1) is 0 Å². The van der Waals surface area contributed by atoms with Crippen molar-refractivity contribution in [2.75, 3.05) is 5.32 Å². The second kappa shape index (κ2) is 7.16. The summed E-state index contributed by atoms with van der Waals surface area (Å²) in [6, 6.07) is 9.25. The number of nitrogens with zero attached hydrogens (tertiary/aromatic N) is 2. The number of anilines is 1. The summed E-state index contributed by atoms with van der Waals surface area (Å²) in [6.45, 7) is 2.36. The first-order valence-electron chi connectivity index (χ1n) is 8.04. The molecule has 0 aliphatic heterocycles. The van der Waals surface area contributed by atoms with Crippen molar-refractivity contribution in [3.05, 3.63) is 48.3 Å². The molecule has 1 aromatic heterocycles. The second-order valence-corrected chi connectivity index (χ2v) is 6.02. The van der Waals surface area contributed by atoms with E-state index in [2.05, 4.69) is 21.0 Å². The number of rotatable bonds is 6. The van der Waals surface area contributed by atoms with E-state index >= 15 is 0 Å². The van der Waals surface area contributed by atoms with Crippen LogP contribution < -0.4 is 16.0 Å². The molecule has 1 saturated carbocycles. The molecule has 126 valence electrons. The molecule has 0 saturated heterocycles. The van der Waals surface area contributed by atoms with Gasteiger partial charge < -0.3 is 10.6 Å². The zero-order valence-corrected chi connectivity index (χ0v) is 13.5. The molecule has 2 aromatic rings. The molecule has 0 radical (unpaired) electrons. The monoisotopic (exact) mass is 327 g/mol. The van der Waals surface area contributed by atoms with Crippen LogP contribution in [0.25, 0.3) is 0 Å². The fourth-order valence-corrected chi connectivity index (χ4v) is 2.28. The van der Waals surface area contributed by atoms with E-state index < -0.39 is 12.1 Å². The smallest absolute Gasteiger partial charge is 0.321 e. The summed E-state index contributed by atoms with van der Waals surface area (Å²) in [4.78, 5) is 23.6.